The number of thioether (sulfide) groups is 1. The summed E-state index contributed by atoms with van der Waals surface area (Å²) in [5, 5.41) is 12.0. The van der Waals surface area contributed by atoms with Gasteiger partial charge in [-0.2, -0.15) is 11.8 Å². The van der Waals surface area contributed by atoms with Crippen molar-refractivity contribution < 1.29 is 28.7 Å². The van der Waals surface area contributed by atoms with Crippen molar-refractivity contribution in [3.63, 3.8) is 0 Å². The molecule has 3 aliphatic rings. The summed E-state index contributed by atoms with van der Waals surface area (Å²) in [4.78, 5) is 69.7. The van der Waals surface area contributed by atoms with E-state index >= 15 is 0 Å². The van der Waals surface area contributed by atoms with Crippen LogP contribution in [0.2, 0.25) is 0 Å². The fourth-order valence-electron chi connectivity index (χ4n) is 8.44. The van der Waals surface area contributed by atoms with Crippen LogP contribution in [0.1, 0.15) is 89.8 Å². The van der Waals surface area contributed by atoms with Gasteiger partial charge in [-0.25, -0.2) is 9.78 Å². The Morgan fingerprint density at radius 2 is 1.74 bits per heavy atom. The molecule has 3 aliphatic heterocycles. The number of fused-ring (bicyclic) bond motifs is 1. The number of aryl methyl sites for hydroxylation is 1. The van der Waals surface area contributed by atoms with E-state index in [4.69, 9.17) is 4.74 Å². The molecule has 0 radical (unpaired) electrons. The highest BCUT2D eigenvalue weighted by Crippen LogP contribution is 2.34. The molecule has 2 unspecified atom stereocenters. The van der Waals surface area contributed by atoms with Gasteiger partial charge < -0.3 is 35.5 Å². The first-order chi connectivity index (χ1) is 29.6. The molecule has 5 atom stereocenters. The molecular formula is C47H55N7O6S. The van der Waals surface area contributed by atoms with Crippen LogP contribution < -0.4 is 26.0 Å². The summed E-state index contributed by atoms with van der Waals surface area (Å²) >= 11 is 1.87. The average molecular weight is 846 g/mol. The number of aromatic nitrogens is 2. The van der Waals surface area contributed by atoms with Gasteiger partial charge in [0.25, 0.3) is 0 Å². The Labute approximate surface area is 361 Å². The zero-order valence-electron chi connectivity index (χ0n) is 35.0. The van der Waals surface area contributed by atoms with Crippen LogP contribution in [0.15, 0.2) is 85.3 Å². The first-order valence-corrected chi connectivity index (χ1v) is 22.3. The van der Waals surface area contributed by atoms with Gasteiger partial charge in [-0.05, 0) is 80.9 Å². The molecule has 0 saturated carbocycles. The number of urea groups is 1. The number of hydrogen-bond donors (Lipinski definition) is 4. The molecule has 13 nitrogen and oxygen atoms in total. The molecule has 0 spiro atoms. The van der Waals surface area contributed by atoms with E-state index in [2.05, 4.69) is 32.3 Å². The first-order valence-electron chi connectivity index (χ1n) is 21.2. The number of carbonyl (C=O) groups is 5. The van der Waals surface area contributed by atoms with Gasteiger partial charge in [0.2, 0.25) is 17.7 Å². The maximum Gasteiger partial charge on any atom is 0.315 e. The number of rotatable bonds is 18. The van der Waals surface area contributed by atoms with Crippen molar-refractivity contribution >= 4 is 47.4 Å². The molecule has 3 saturated heterocycles. The van der Waals surface area contributed by atoms with Crippen molar-refractivity contribution in [1.29, 1.82) is 0 Å². The molecule has 0 aliphatic carbocycles. The minimum Gasteiger partial charge on any atom is -0.495 e. The van der Waals surface area contributed by atoms with Crippen molar-refractivity contribution in [1.82, 2.24) is 35.7 Å². The van der Waals surface area contributed by atoms with Crippen molar-refractivity contribution in [3.8, 4) is 11.4 Å². The Morgan fingerprint density at radius 3 is 2.48 bits per heavy atom. The van der Waals surface area contributed by atoms with Crippen LogP contribution >= 0.6 is 11.8 Å². The van der Waals surface area contributed by atoms with Crippen molar-refractivity contribution in [2.24, 2.45) is 5.92 Å². The number of ketones is 1. The lowest BCUT2D eigenvalue weighted by molar-refractivity contribution is -0.140. The predicted molar refractivity (Wildman–Crippen MR) is 237 cm³/mol. The maximum atomic E-state index is 13.8. The Balaban J connectivity index is 0.820. The zero-order chi connectivity index (χ0) is 42.9. The maximum absolute atomic E-state index is 13.8. The van der Waals surface area contributed by atoms with Gasteiger partial charge in [-0.1, -0.05) is 61.0 Å². The molecule has 61 heavy (non-hydrogen) atoms. The van der Waals surface area contributed by atoms with Gasteiger partial charge in [-0.3, -0.25) is 19.2 Å². The number of unbranched alkanes of at least 4 members (excludes halogenated alkanes) is 1. The second kappa shape index (κ2) is 20.1. The number of carbonyl (C=O) groups excluding carboxylic acids is 5. The number of benzene rings is 3. The Bertz CT molecular complexity index is 2240. The molecule has 1 aromatic heterocycles. The van der Waals surface area contributed by atoms with Crippen LogP contribution in [0.3, 0.4) is 0 Å². The topological polar surface area (TPSA) is 164 Å². The highest BCUT2D eigenvalue weighted by molar-refractivity contribution is 8.00. The number of nitrogens with zero attached hydrogens (tertiary/aromatic N) is 3. The van der Waals surface area contributed by atoms with Crippen LogP contribution in [0.4, 0.5) is 4.79 Å². The van der Waals surface area contributed by atoms with Gasteiger partial charge in [0.1, 0.15) is 5.75 Å². The minimum atomic E-state index is -0.279. The monoisotopic (exact) mass is 845 g/mol. The predicted octanol–water partition coefficient (Wildman–Crippen LogP) is 5.93. The van der Waals surface area contributed by atoms with Gasteiger partial charge in [0.05, 0.1) is 42.9 Å². The van der Waals surface area contributed by atoms with Crippen LogP contribution in [0.25, 0.3) is 11.8 Å². The highest BCUT2D eigenvalue weighted by atomic mass is 32.2. The molecule has 3 aromatic carbocycles. The lowest BCUT2D eigenvalue weighted by Crippen LogP contribution is -2.43. The lowest BCUT2D eigenvalue weighted by Gasteiger charge is -2.37. The molecule has 14 heteroatoms. The fraction of sp³-hybridized carbons (Fsp3) is 0.404. The molecule has 4 heterocycles. The second-order valence-electron chi connectivity index (χ2n) is 16.1. The second-order valence-corrected chi connectivity index (χ2v) is 17.4. The number of ether oxygens (including phenoxy) is 1. The fourth-order valence-corrected chi connectivity index (χ4v) is 9.98. The van der Waals surface area contributed by atoms with E-state index in [-0.39, 0.29) is 53.6 Å². The summed E-state index contributed by atoms with van der Waals surface area (Å²) < 4.78 is 7.64. The number of methoxy groups -OCH3 is 1. The molecular weight excluding hydrogens is 791 g/mol. The third-order valence-corrected chi connectivity index (χ3v) is 13.4. The number of likely N-dealkylation sites (tertiary alicyclic amines) is 1. The smallest absolute Gasteiger partial charge is 0.315 e. The van der Waals surface area contributed by atoms with Gasteiger partial charge >= 0.3 is 6.03 Å². The minimum absolute atomic E-state index is 0.0429. The van der Waals surface area contributed by atoms with Gasteiger partial charge in [0.15, 0.2) is 5.78 Å². The molecule has 4 aromatic rings. The Kier molecular flexibility index (Phi) is 14.2. The van der Waals surface area contributed by atoms with E-state index in [1.807, 2.05) is 77.7 Å². The van der Waals surface area contributed by atoms with E-state index in [1.54, 1.807) is 43.8 Å². The van der Waals surface area contributed by atoms with Crippen LogP contribution in [-0.4, -0.2) is 93.8 Å². The molecule has 7 rings (SSSR count). The number of imidazole rings is 1. The number of hydrogen-bond acceptors (Lipinski definition) is 8. The summed E-state index contributed by atoms with van der Waals surface area (Å²) in [5.74, 6) is 1.23. The normalized spacial score (nSPS) is 20.2. The third kappa shape index (κ3) is 10.9. The molecule has 3 fully saturated rings. The summed E-state index contributed by atoms with van der Waals surface area (Å²) in [5.41, 5.74) is 5.69. The van der Waals surface area contributed by atoms with Crippen LogP contribution in [0.5, 0.6) is 5.75 Å². The van der Waals surface area contributed by atoms with E-state index in [0.29, 0.717) is 48.9 Å². The standard InChI is InChI=1S/C47H55N7O6S/c1-30-27-53(29-50-30)39-20-12-33(26-40(39)60-3)25-37-7-6-24-54(46(37)58)31(2)34-16-18-36(19-17-34)45(57)35-14-10-32(11-15-35)13-21-43(56)49-23-22-48-42(55)9-5-4-8-41-44-38(28-61-41)51-47(59)52-44/h10-21,26-27,29,31,37-38,41,44H,4-9,22-25,28H2,1-3H3,(H,48,55)(H,49,56)(H2,51,52,59)/t31?,37?,38-,41-,44-/m0/s1. The number of piperidine rings is 1. The Morgan fingerprint density at radius 1 is 0.984 bits per heavy atom. The van der Waals surface area contributed by atoms with E-state index in [0.717, 1.165) is 71.7 Å². The van der Waals surface area contributed by atoms with Crippen molar-refractivity contribution in [3.05, 3.63) is 119 Å². The number of amides is 5. The molecule has 5 amide bonds. The first kappa shape index (κ1) is 43.2. The quantitative estimate of drug-likeness (QED) is 0.0415. The Hall–Kier alpha value is -5.89. The molecule has 0 bridgehead atoms. The van der Waals surface area contributed by atoms with Crippen LogP contribution in [0, 0.1) is 12.8 Å². The average Bonchev–Trinajstić information content (AvgIpc) is 3.99. The van der Waals surface area contributed by atoms with Crippen molar-refractivity contribution in [2.45, 2.75) is 82.2 Å². The molecule has 4 N–H and O–H groups in total. The van der Waals surface area contributed by atoms with Crippen LogP contribution in [-0.2, 0) is 20.8 Å². The van der Waals surface area contributed by atoms with E-state index < -0.39 is 0 Å². The van der Waals surface area contributed by atoms with Gasteiger partial charge in [0, 0.05) is 66.4 Å². The largest absolute Gasteiger partial charge is 0.495 e. The number of nitrogens with one attached hydrogen (secondary N) is 4. The van der Waals surface area contributed by atoms with E-state index in [1.165, 1.54) is 6.08 Å². The summed E-state index contributed by atoms with van der Waals surface area (Å²) in [6.45, 7) is 5.32. The van der Waals surface area contributed by atoms with E-state index in [9.17, 15) is 24.0 Å². The summed E-state index contributed by atoms with van der Waals surface area (Å²) in [6, 6.07) is 20.8. The molecule has 320 valence electrons. The van der Waals surface area contributed by atoms with Gasteiger partial charge in [-0.15, -0.1) is 0 Å². The summed E-state index contributed by atoms with van der Waals surface area (Å²) in [7, 11) is 1.65. The third-order valence-electron chi connectivity index (χ3n) is 11.8. The highest BCUT2D eigenvalue weighted by Gasteiger charge is 2.42. The van der Waals surface area contributed by atoms with Crippen molar-refractivity contribution in [2.75, 3.05) is 32.5 Å². The summed E-state index contributed by atoms with van der Waals surface area (Å²) in [6.07, 6.45) is 12.3. The lowest BCUT2D eigenvalue weighted by atomic mass is 9.88. The SMILES string of the molecule is COc1cc(CC2CCCN(C(C)c3ccc(C(=O)c4ccc(C=CC(=O)NCCNC(=O)CCCC[C@@H]5SC[C@@H]6NC(=O)N[C@@H]65)cc4)cc3)C2=O)ccc1-n1cnc(C)c1. The zero-order valence-corrected chi connectivity index (χ0v) is 35.8.